The molecule has 92 valence electrons. The zero-order chi connectivity index (χ0) is 11.6. The summed E-state index contributed by atoms with van der Waals surface area (Å²) in [5.74, 6) is 0. The van der Waals surface area contributed by atoms with Crippen LogP contribution in [0.1, 0.15) is 58.3 Å². The summed E-state index contributed by atoms with van der Waals surface area (Å²) < 4.78 is 0. The molecular weight excluding hydrogens is 218 g/mol. The third kappa shape index (κ3) is 6.05. The Labute approximate surface area is 104 Å². The fourth-order valence-electron chi connectivity index (χ4n) is 1.80. The van der Waals surface area contributed by atoms with Crippen molar-refractivity contribution in [2.24, 2.45) is 5.10 Å². The fraction of sp³-hybridized carbons (Fsp3) is 0.833. The minimum absolute atomic E-state index is 0.658. The fourth-order valence-corrected chi connectivity index (χ4v) is 1.94. The Hall–Kier alpha value is -0.640. The van der Waals surface area contributed by atoms with Crippen LogP contribution in [0.5, 0.6) is 0 Å². The van der Waals surface area contributed by atoms with Crippen LogP contribution in [0.4, 0.5) is 0 Å². The second-order valence-corrected chi connectivity index (χ2v) is 4.72. The number of thiocarbonyl (C=S) groups is 1. The molecule has 0 aromatic carbocycles. The van der Waals surface area contributed by atoms with Crippen LogP contribution in [-0.2, 0) is 0 Å². The molecule has 1 aliphatic rings. The molecule has 0 unspecified atom stereocenters. The number of hydrogen-bond acceptors (Lipinski definition) is 2. The van der Waals surface area contributed by atoms with E-state index >= 15 is 0 Å². The summed E-state index contributed by atoms with van der Waals surface area (Å²) in [6.45, 7) is 3.11. The lowest BCUT2D eigenvalue weighted by molar-refractivity contribution is 0.702. The number of nitrogens with zero attached hydrogens (tertiary/aromatic N) is 1. The Kier molecular flexibility index (Phi) is 7.14. The average molecular weight is 241 g/mol. The van der Waals surface area contributed by atoms with Gasteiger partial charge in [-0.25, -0.2) is 0 Å². The highest BCUT2D eigenvalue weighted by Gasteiger charge is 2.05. The summed E-state index contributed by atoms with van der Waals surface area (Å²) in [4.78, 5) is 0. The number of rotatable bonds is 4. The molecule has 0 aromatic heterocycles. The quantitative estimate of drug-likeness (QED) is 0.344. The van der Waals surface area contributed by atoms with Gasteiger partial charge in [-0.05, 0) is 44.3 Å². The van der Waals surface area contributed by atoms with E-state index in [1.807, 2.05) is 0 Å². The first-order chi connectivity index (χ1) is 7.83. The summed E-state index contributed by atoms with van der Waals surface area (Å²) in [6, 6.07) is 0. The van der Waals surface area contributed by atoms with Gasteiger partial charge in [-0.3, -0.25) is 5.43 Å². The molecule has 16 heavy (non-hydrogen) atoms. The smallest absolute Gasteiger partial charge is 0.186 e. The van der Waals surface area contributed by atoms with E-state index < -0.39 is 0 Å². The first kappa shape index (κ1) is 13.4. The van der Waals surface area contributed by atoms with Crippen LogP contribution in [-0.4, -0.2) is 17.4 Å². The first-order valence-corrected chi connectivity index (χ1v) is 6.83. The third-order valence-corrected chi connectivity index (χ3v) is 3.05. The zero-order valence-corrected chi connectivity index (χ0v) is 11.0. The highest BCUT2D eigenvalue weighted by molar-refractivity contribution is 7.80. The second kappa shape index (κ2) is 8.50. The molecule has 0 aliphatic heterocycles. The van der Waals surface area contributed by atoms with Gasteiger partial charge in [0.2, 0.25) is 0 Å². The predicted octanol–water partition coefficient (Wildman–Crippen LogP) is 2.96. The highest BCUT2D eigenvalue weighted by Crippen LogP contribution is 2.14. The molecule has 0 heterocycles. The van der Waals surface area contributed by atoms with E-state index in [2.05, 4.69) is 22.8 Å². The summed E-state index contributed by atoms with van der Waals surface area (Å²) in [6.07, 6.45) is 9.83. The van der Waals surface area contributed by atoms with Gasteiger partial charge in [0.1, 0.15) is 0 Å². The Morgan fingerprint density at radius 1 is 1.25 bits per heavy atom. The van der Waals surface area contributed by atoms with Crippen molar-refractivity contribution in [3.63, 3.8) is 0 Å². The maximum absolute atomic E-state index is 5.14. The summed E-state index contributed by atoms with van der Waals surface area (Å²) in [7, 11) is 0. The van der Waals surface area contributed by atoms with Crippen LogP contribution >= 0.6 is 12.2 Å². The molecule has 2 N–H and O–H groups in total. The highest BCUT2D eigenvalue weighted by atomic mass is 32.1. The van der Waals surface area contributed by atoms with Gasteiger partial charge in [-0.2, -0.15) is 5.10 Å². The van der Waals surface area contributed by atoms with Crippen LogP contribution in [0.2, 0.25) is 0 Å². The summed E-state index contributed by atoms with van der Waals surface area (Å²) >= 11 is 5.14. The monoisotopic (exact) mass is 241 g/mol. The first-order valence-electron chi connectivity index (χ1n) is 6.42. The van der Waals surface area contributed by atoms with Crippen molar-refractivity contribution in [3.8, 4) is 0 Å². The standard InChI is InChI=1S/C12H23N3S/c1-2-3-10-13-12(16)15-14-11-8-6-4-5-7-9-11/h2-10H2,1H3,(H2,13,15,16). The lowest BCUT2D eigenvalue weighted by Gasteiger charge is -2.07. The summed E-state index contributed by atoms with van der Waals surface area (Å²) in [5, 5.41) is 8.19. The Morgan fingerprint density at radius 2 is 1.94 bits per heavy atom. The van der Waals surface area contributed by atoms with E-state index in [0.717, 1.165) is 25.8 Å². The van der Waals surface area contributed by atoms with Gasteiger partial charge in [0, 0.05) is 12.3 Å². The Balaban J connectivity index is 2.19. The van der Waals surface area contributed by atoms with E-state index in [4.69, 9.17) is 12.2 Å². The van der Waals surface area contributed by atoms with Gasteiger partial charge in [-0.15, -0.1) is 0 Å². The van der Waals surface area contributed by atoms with E-state index in [0.29, 0.717) is 5.11 Å². The molecule has 1 fully saturated rings. The van der Waals surface area contributed by atoms with E-state index in [-0.39, 0.29) is 0 Å². The Bertz CT molecular complexity index is 228. The summed E-state index contributed by atoms with van der Waals surface area (Å²) in [5.41, 5.74) is 4.22. The lowest BCUT2D eigenvalue weighted by Crippen LogP contribution is -2.33. The van der Waals surface area contributed by atoms with Crippen molar-refractivity contribution >= 4 is 23.0 Å². The van der Waals surface area contributed by atoms with Crippen LogP contribution in [0.15, 0.2) is 5.10 Å². The third-order valence-electron chi connectivity index (χ3n) is 2.81. The van der Waals surface area contributed by atoms with Gasteiger partial charge in [0.15, 0.2) is 5.11 Å². The largest absolute Gasteiger partial charge is 0.361 e. The minimum Gasteiger partial charge on any atom is -0.361 e. The van der Waals surface area contributed by atoms with E-state index in [1.54, 1.807) is 0 Å². The topological polar surface area (TPSA) is 36.4 Å². The van der Waals surface area contributed by atoms with Crippen LogP contribution < -0.4 is 10.7 Å². The second-order valence-electron chi connectivity index (χ2n) is 4.31. The SMILES string of the molecule is CCCCNC(=S)NN=C1CCCCCC1. The van der Waals surface area contributed by atoms with Crippen LogP contribution in [0.25, 0.3) is 0 Å². The molecule has 1 saturated carbocycles. The van der Waals surface area contributed by atoms with Crippen LogP contribution in [0.3, 0.4) is 0 Å². The van der Waals surface area contributed by atoms with Crippen molar-refractivity contribution in [1.82, 2.24) is 10.7 Å². The molecular formula is C12H23N3S. The molecule has 0 radical (unpaired) electrons. The van der Waals surface area contributed by atoms with Gasteiger partial charge in [-0.1, -0.05) is 26.2 Å². The number of hydrogen-bond donors (Lipinski definition) is 2. The number of unbranched alkanes of at least 4 members (excludes halogenated alkanes) is 1. The molecule has 0 saturated heterocycles. The minimum atomic E-state index is 0.658. The van der Waals surface area contributed by atoms with E-state index in [9.17, 15) is 0 Å². The van der Waals surface area contributed by atoms with Gasteiger partial charge in [0.05, 0.1) is 0 Å². The van der Waals surface area contributed by atoms with Crippen molar-refractivity contribution in [2.45, 2.75) is 58.3 Å². The lowest BCUT2D eigenvalue weighted by atomic mass is 10.2. The molecule has 0 bridgehead atoms. The van der Waals surface area contributed by atoms with Crippen molar-refractivity contribution < 1.29 is 0 Å². The zero-order valence-electron chi connectivity index (χ0n) is 10.2. The van der Waals surface area contributed by atoms with Crippen LogP contribution in [0, 0.1) is 0 Å². The average Bonchev–Trinajstić information content (AvgIpc) is 2.55. The normalized spacial score (nSPS) is 16.4. The molecule has 0 spiro atoms. The maximum atomic E-state index is 5.14. The number of nitrogens with one attached hydrogen (secondary N) is 2. The number of hydrazone groups is 1. The molecule has 0 amide bonds. The molecule has 1 rings (SSSR count). The van der Waals surface area contributed by atoms with Gasteiger partial charge < -0.3 is 5.32 Å². The van der Waals surface area contributed by atoms with Crippen molar-refractivity contribution in [1.29, 1.82) is 0 Å². The van der Waals surface area contributed by atoms with Gasteiger partial charge >= 0.3 is 0 Å². The Morgan fingerprint density at radius 3 is 2.56 bits per heavy atom. The van der Waals surface area contributed by atoms with Crippen molar-refractivity contribution in [2.75, 3.05) is 6.54 Å². The predicted molar refractivity (Wildman–Crippen MR) is 73.8 cm³/mol. The van der Waals surface area contributed by atoms with Crippen molar-refractivity contribution in [3.05, 3.63) is 0 Å². The molecule has 4 heteroatoms. The molecule has 0 atom stereocenters. The van der Waals surface area contributed by atoms with Gasteiger partial charge in [0.25, 0.3) is 0 Å². The molecule has 1 aliphatic carbocycles. The molecule has 0 aromatic rings. The maximum Gasteiger partial charge on any atom is 0.186 e. The van der Waals surface area contributed by atoms with E-state index in [1.165, 1.54) is 37.8 Å². The molecule has 3 nitrogen and oxygen atoms in total.